The van der Waals surface area contributed by atoms with Crippen LogP contribution in [-0.4, -0.2) is 4.98 Å². The van der Waals surface area contributed by atoms with Crippen molar-refractivity contribution in [3.8, 4) is 0 Å². The van der Waals surface area contributed by atoms with E-state index < -0.39 is 0 Å². The Balaban J connectivity index is 2.18. The SMILES string of the molecule is CC(C)c1ccc(Sc2ncc(Cl)cc2F)cc1. The molecule has 0 spiro atoms. The Kier molecular flexibility index (Phi) is 4.25. The molecule has 0 aliphatic heterocycles. The lowest BCUT2D eigenvalue weighted by Gasteiger charge is -2.06. The standard InChI is InChI=1S/C14H13ClFNS/c1-9(2)10-3-5-12(6-4-10)18-14-13(16)7-11(15)8-17-14/h3-9H,1-2H3. The van der Waals surface area contributed by atoms with E-state index in [0.29, 0.717) is 16.0 Å². The van der Waals surface area contributed by atoms with E-state index in [1.807, 2.05) is 12.1 Å². The second-order valence-electron chi connectivity index (χ2n) is 4.27. The molecule has 0 amide bonds. The Morgan fingerprint density at radius 1 is 1.22 bits per heavy atom. The fraction of sp³-hybridized carbons (Fsp3) is 0.214. The predicted molar refractivity (Wildman–Crippen MR) is 73.9 cm³/mol. The quantitative estimate of drug-likeness (QED) is 0.772. The summed E-state index contributed by atoms with van der Waals surface area (Å²) in [5.41, 5.74) is 1.27. The minimum absolute atomic E-state index is 0.312. The molecule has 18 heavy (non-hydrogen) atoms. The zero-order chi connectivity index (χ0) is 13.1. The van der Waals surface area contributed by atoms with E-state index >= 15 is 0 Å². The van der Waals surface area contributed by atoms with Gasteiger partial charge in [0.1, 0.15) is 5.03 Å². The van der Waals surface area contributed by atoms with Crippen LogP contribution >= 0.6 is 23.4 Å². The predicted octanol–water partition coefficient (Wildman–Crippen LogP) is 5.15. The molecule has 94 valence electrons. The van der Waals surface area contributed by atoms with Crippen molar-refractivity contribution in [3.63, 3.8) is 0 Å². The van der Waals surface area contributed by atoms with Gasteiger partial charge in [-0.2, -0.15) is 0 Å². The summed E-state index contributed by atoms with van der Waals surface area (Å²) in [6, 6.07) is 9.35. The van der Waals surface area contributed by atoms with Gasteiger partial charge in [0, 0.05) is 11.1 Å². The van der Waals surface area contributed by atoms with E-state index in [1.54, 1.807) is 0 Å². The first-order chi connectivity index (χ1) is 8.56. The van der Waals surface area contributed by atoms with Crippen molar-refractivity contribution >= 4 is 23.4 Å². The van der Waals surface area contributed by atoms with E-state index in [1.165, 1.54) is 29.6 Å². The molecular formula is C14H13ClFNS. The van der Waals surface area contributed by atoms with Gasteiger partial charge < -0.3 is 0 Å². The number of rotatable bonds is 3. The van der Waals surface area contributed by atoms with E-state index in [0.717, 1.165) is 4.90 Å². The van der Waals surface area contributed by atoms with Crippen molar-refractivity contribution in [2.24, 2.45) is 0 Å². The highest BCUT2D eigenvalue weighted by molar-refractivity contribution is 7.99. The summed E-state index contributed by atoms with van der Waals surface area (Å²) in [6.45, 7) is 4.28. The zero-order valence-corrected chi connectivity index (χ0v) is 11.7. The third kappa shape index (κ3) is 3.24. The van der Waals surface area contributed by atoms with Gasteiger partial charge in [0.05, 0.1) is 5.02 Å². The van der Waals surface area contributed by atoms with Crippen molar-refractivity contribution in [3.05, 3.63) is 52.9 Å². The Hall–Kier alpha value is -1.06. The molecule has 1 aromatic carbocycles. The van der Waals surface area contributed by atoms with Crippen LogP contribution in [0.2, 0.25) is 5.02 Å². The van der Waals surface area contributed by atoms with Gasteiger partial charge in [-0.05, 0) is 29.7 Å². The number of hydrogen-bond donors (Lipinski definition) is 0. The summed E-state index contributed by atoms with van der Waals surface area (Å²) in [7, 11) is 0. The average Bonchev–Trinajstić information content (AvgIpc) is 2.33. The van der Waals surface area contributed by atoms with Crippen LogP contribution in [0.3, 0.4) is 0 Å². The molecule has 0 saturated carbocycles. The number of aromatic nitrogens is 1. The Morgan fingerprint density at radius 2 is 1.89 bits per heavy atom. The van der Waals surface area contributed by atoms with E-state index in [2.05, 4.69) is 31.0 Å². The number of hydrogen-bond acceptors (Lipinski definition) is 2. The van der Waals surface area contributed by atoms with Crippen LogP contribution in [0.5, 0.6) is 0 Å². The molecular weight excluding hydrogens is 269 g/mol. The summed E-state index contributed by atoms with van der Waals surface area (Å²) >= 11 is 6.96. The average molecular weight is 282 g/mol. The molecule has 1 nitrogen and oxygen atoms in total. The molecule has 1 aromatic heterocycles. The first kappa shape index (κ1) is 13.4. The second kappa shape index (κ2) is 5.72. The van der Waals surface area contributed by atoms with Gasteiger partial charge >= 0.3 is 0 Å². The van der Waals surface area contributed by atoms with Gasteiger partial charge in [-0.25, -0.2) is 9.37 Å². The fourth-order valence-corrected chi connectivity index (χ4v) is 2.41. The Bertz CT molecular complexity index is 540. The molecule has 0 atom stereocenters. The number of halogens is 2. The highest BCUT2D eigenvalue weighted by atomic mass is 35.5. The lowest BCUT2D eigenvalue weighted by atomic mass is 10.0. The maximum absolute atomic E-state index is 13.6. The summed E-state index contributed by atoms with van der Waals surface area (Å²) < 4.78 is 13.6. The van der Waals surface area contributed by atoms with Gasteiger partial charge in [-0.1, -0.05) is 49.3 Å². The van der Waals surface area contributed by atoms with Crippen molar-refractivity contribution in [1.82, 2.24) is 4.98 Å². The molecule has 1 heterocycles. The van der Waals surface area contributed by atoms with Gasteiger partial charge in [-0.3, -0.25) is 0 Å². The topological polar surface area (TPSA) is 12.9 Å². The smallest absolute Gasteiger partial charge is 0.157 e. The van der Waals surface area contributed by atoms with Gasteiger partial charge in [0.15, 0.2) is 5.82 Å². The van der Waals surface area contributed by atoms with Crippen LogP contribution in [-0.2, 0) is 0 Å². The van der Waals surface area contributed by atoms with Gasteiger partial charge in [0.25, 0.3) is 0 Å². The van der Waals surface area contributed by atoms with Crippen molar-refractivity contribution < 1.29 is 4.39 Å². The van der Waals surface area contributed by atoms with Gasteiger partial charge in [-0.15, -0.1) is 0 Å². The molecule has 0 aliphatic rings. The van der Waals surface area contributed by atoms with Crippen LogP contribution in [0.15, 0.2) is 46.5 Å². The Morgan fingerprint density at radius 3 is 2.44 bits per heavy atom. The number of nitrogens with zero attached hydrogens (tertiary/aromatic N) is 1. The molecule has 2 rings (SSSR count). The summed E-state index contributed by atoms with van der Waals surface area (Å²) in [5, 5.41) is 0.656. The molecule has 2 aromatic rings. The maximum Gasteiger partial charge on any atom is 0.157 e. The molecule has 0 bridgehead atoms. The lowest BCUT2D eigenvalue weighted by Crippen LogP contribution is -1.88. The van der Waals surface area contributed by atoms with Crippen LogP contribution in [0.25, 0.3) is 0 Å². The zero-order valence-electron chi connectivity index (χ0n) is 10.2. The largest absolute Gasteiger partial charge is 0.245 e. The third-order valence-corrected chi connectivity index (χ3v) is 3.74. The van der Waals surface area contributed by atoms with E-state index in [-0.39, 0.29) is 5.82 Å². The lowest BCUT2D eigenvalue weighted by molar-refractivity contribution is 0.588. The molecule has 0 N–H and O–H groups in total. The van der Waals surface area contributed by atoms with Crippen LogP contribution in [0.4, 0.5) is 4.39 Å². The van der Waals surface area contributed by atoms with E-state index in [9.17, 15) is 4.39 Å². The van der Waals surface area contributed by atoms with Crippen molar-refractivity contribution in [2.45, 2.75) is 29.7 Å². The molecule has 0 aliphatic carbocycles. The summed E-state index contributed by atoms with van der Waals surface area (Å²) in [6.07, 6.45) is 1.45. The summed E-state index contributed by atoms with van der Waals surface area (Å²) in [4.78, 5) is 4.95. The second-order valence-corrected chi connectivity index (χ2v) is 5.76. The normalized spacial score (nSPS) is 10.9. The molecule has 4 heteroatoms. The minimum atomic E-state index is -0.388. The Labute approximate surface area is 115 Å². The highest BCUT2D eigenvalue weighted by Crippen LogP contribution is 2.30. The first-order valence-electron chi connectivity index (χ1n) is 5.65. The van der Waals surface area contributed by atoms with Crippen LogP contribution in [0, 0.1) is 5.82 Å². The number of benzene rings is 1. The van der Waals surface area contributed by atoms with Gasteiger partial charge in [0.2, 0.25) is 0 Å². The third-order valence-electron chi connectivity index (χ3n) is 2.54. The van der Waals surface area contributed by atoms with Crippen molar-refractivity contribution in [1.29, 1.82) is 0 Å². The molecule has 0 fully saturated rings. The van der Waals surface area contributed by atoms with Crippen LogP contribution < -0.4 is 0 Å². The fourth-order valence-electron chi connectivity index (χ4n) is 1.51. The monoisotopic (exact) mass is 281 g/mol. The molecule has 0 unspecified atom stereocenters. The number of pyridine rings is 1. The van der Waals surface area contributed by atoms with Crippen LogP contribution in [0.1, 0.15) is 25.3 Å². The maximum atomic E-state index is 13.6. The van der Waals surface area contributed by atoms with Crippen molar-refractivity contribution in [2.75, 3.05) is 0 Å². The first-order valence-corrected chi connectivity index (χ1v) is 6.84. The molecule has 0 saturated heterocycles. The molecule has 0 radical (unpaired) electrons. The minimum Gasteiger partial charge on any atom is -0.245 e. The highest BCUT2D eigenvalue weighted by Gasteiger charge is 2.07. The summed E-state index contributed by atoms with van der Waals surface area (Å²) in [5.74, 6) is 0.106. The van der Waals surface area contributed by atoms with E-state index in [4.69, 9.17) is 11.6 Å².